The molecule has 0 heterocycles. The van der Waals surface area contributed by atoms with Gasteiger partial charge in [0, 0.05) is 19.2 Å². The van der Waals surface area contributed by atoms with Crippen molar-refractivity contribution < 1.29 is 14.6 Å². The smallest absolute Gasteiger partial charge is 0.251 e. The van der Waals surface area contributed by atoms with Crippen LogP contribution in [0.2, 0.25) is 0 Å². The number of hydrogen-bond donors (Lipinski definition) is 3. The van der Waals surface area contributed by atoms with E-state index < -0.39 is 6.10 Å². The number of aliphatic hydroxyl groups excluding tert-OH is 1. The maximum absolute atomic E-state index is 12.0. The van der Waals surface area contributed by atoms with E-state index in [9.17, 15) is 9.90 Å². The number of hydrogen-bond acceptors (Lipinski definition) is 4. The Bertz CT molecular complexity index is 396. The number of amides is 1. The lowest BCUT2D eigenvalue weighted by Crippen LogP contribution is -2.29. The van der Waals surface area contributed by atoms with Gasteiger partial charge in [-0.3, -0.25) is 4.79 Å². The van der Waals surface area contributed by atoms with Crippen LogP contribution in [-0.4, -0.2) is 43.9 Å². The van der Waals surface area contributed by atoms with E-state index in [4.69, 9.17) is 10.5 Å². The van der Waals surface area contributed by atoms with Crippen LogP contribution < -0.4 is 11.1 Å². The molecule has 5 heteroatoms. The van der Waals surface area contributed by atoms with E-state index in [1.807, 2.05) is 18.2 Å². The molecule has 0 aliphatic carbocycles. The zero-order chi connectivity index (χ0) is 14.1. The molecule has 106 valence electrons. The van der Waals surface area contributed by atoms with E-state index in [1.165, 1.54) is 7.11 Å². The second-order valence-corrected chi connectivity index (χ2v) is 4.35. The summed E-state index contributed by atoms with van der Waals surface area (Å²) in [5.41, 5.74) is 7.12. The Kier molecular flexibility index (Phi) is 7.10. The van der Waals surface area contributed by atoms with Gasteiger partial charge in [-0.05, 0) is 31.0 Å². The number of carbonyl (C=O) groups is 1. The number of carbonyl (C=O) groups excluding carboxylic acids is 1. The molecule has 1 aromatic carbocycles. The summed E-state index contributed by atoms with van der Waals surface area (Å²) in [5, 5.41) is 12.3. The zero-order valence-electron chi connectivity index (χ0n) is 11.3. The first kappa shape index (κ1) is 15.6. The highest BCUT2D eigenvalue weighted by molar-refractivity contribution is 5.95. The molecule has 0 radical (unpaired) electrons. The van der Waals surface area contributed by atoms with E-state index in [2.05, 4.69) is 5.32 Å². The molecule has 1 aromatic rings. The molecule has 0 bridgehead atoms. The molecule has 0 spiro atoms. The van der Waals surface area contributed by atoms with Crippen molar-refractivity contribution in [3.8, 4) is 0 Å². The Balaban J connectivity index is 2.49. The molecule has 4 N–H and O–H groups in total. The van der Waals surface area contributed by atoms with Crippen LogP contribution >= 0.6 is 0 Å². The molecular weight excluding hydrogens is 244 g/mol. The van der Waals surface area contributed by atoms with Gasteiger partial charge in [-0.15, -0.1) is 0 Å². The maximum Gasteiger partial charge on any atom is 0.251 e. The Hall–Kier alpha value is -1.43. The van der Waals surface area contributed by atoms with Gasteiger partial charge in [0.15, 0.2) is 0 Å². The standard InChI is InChI=1S/C14H22N2O3/c1-19-10-12(17)7-9-16-14(18)13-5-3-2-4-11(13)6-8-15/h2-5,12,17H,6-10,15H2,1H3,(H,16,18). The van der Waals surface area contributed by atoms with Crippen molar-refractivity contribution in [1.82, 2.24) is 5.32 Å². The molecule has 0 saturated carbocycles. The van der Waals surface area contributed by atoms with Gasteiger partial charge in [0.25, 0.3) is 5.91 Å². The Morgan fingerprint density at radius 2 is 2.21 bits per heavy atom. The van der Waals surface area contributed by atoms with Gasteiger partial charge in [0.1, 0.15) is 0 Å². The normalized spacial score (nSPS) is 12.2. The lowest BCUT2D eigenvalue weighted by Gasteiger charge is -2.12. The quantitative estimate of drug-likeness (QED) is 0.632. The third-order valence-corrected chi connectivity index (χ3v) is 2.80. The number of benzene rings is 1. The lowest BCUT2D eigenvalue weighted by molar-refractivity contribution is 0.0587. The first-order chi connectivity index (χ1) is 9.19. The average molecular weight is 266 g/mol. The highest BCUT2D eigenvalue weighted by Crippen LogP contribution is 2.09. The summed E-state index contributed by atoms with van der Waals surface area (Å²) in [7, 11) is 1.53. The highest BCUT2D eigenvalue weighted by Gasteiger charge is 2.10. The van der Waals surface area contributed by atoms with Crippen molar-refractivity contribution in [3.05, 3.63) is 35.4 Å². The van der Waals surface area contributed by atoms with Gasteiger partial charge in [-0.1, -0.05) is 18.2 Å². The molecule has 1 atom stereocenters. The van der Waals surface area contributed by atoms with Crippen LogP contribution in [-0.2, 0) is 11.2 Å². The molecule has 5 nitrogen and oxygen atoms in total. The highest BCUT2D eigenvalue weighted by atomic mass is 16.5. The maximum atomic E-state index is 12.0. The van der Waals surface area contributed by atoms with Gasteiger partial charge < -0.3 is 20.9 Å². The summed E-state index contributed by atoms with van der Waals surface area (Å²) in [6, 6.07) is 7.41. The molecule has 1 unspecified atom stereocenters. The molecular formula is C14H22N2O3. The molecule has 0 saturated heterocycles. The van der Waals surface area contributed by atoms with Crippen LogP contribution in [0.15, 0.2) is 24.3 Å². The van der Waals surface area contributed by atoms with Crippen molar-refractivity contribution in [2.24, 2.45) is 5.73 Å². The van der Waals surface area contributed by atoms with Crippen LogP contribution in [0, 0.1) is 0 Å². The molecule has 0 aliphatic rings. The Morgan fingerprint density at radius 1 is 1.47 bits per heavy atom. The van der Waals surface area contributed by atoms with Crippen LogP contribution in [0.25, 0.3) is 0 Å². The van der Waals surface area contributed by atoms with Crippen LogP contribution in [0.4, 0.5) is 0 Å². The Morgan fingerprint density at radius 3 is 2.89 bits per heavy atom. The molecule has 1 amide bonds. The average Bonchev–Trinajstić information content (AvgIpc) is 2.40. The second kappa shape index (κ2) is 8.63. The largest absolute Gasteiger partial charge is 0.391 e. The zero-order valence-corrected chi connectivity index (χ0v) is 11.3. The summed E-state index contributed by atoms with van der Waals surface area (Å²) in [5.74, 6) is -0.131. The van der Waals surface area contributed by atoms with Gasteiger partial charge in [-0.25, -0.2) is 0 Å². The SMILES string of the molecule is COCC(O)CCNC(=O)c1ccccc1CCN. The summed E-state index contributed by atoms with van der Waals surface area (Å²) >= 11 is 0. The number of nitrogens with two attached hydrogens (primary N) is 1. The van der Waals surface area contributed by atoms with Gasteiger partial charge in [0.2, 0.25) is 0 Å². The summed E-state index contributed by atoms with van der Waals surface area (Å²) < 4.78 is 4.82. The van der Waals surface area contributed by atoms with E-state index >= 15 is 0 Å². The topological polar surface area (TPSA) is 84.6 Å². The van der Waals surface area contributed by atoms with Gasteiger partial charge in [-0.2, -0.15) is 0 Å². The molecule has 0 fully saturated rings. The number of rotatable bonds is 8. The second-order valence-electron chi connectivity index (χ2n) is 4.35. The summed E-state index contributed by atoms with van der Waals surface area (Å²) in [6.45, 7) is 1.21. The molecule has 0 aromatic heterocycles. The Labute approximate surface area is 113 Å². The van der Waals surface area contributed by atoms with Crippen molar-refractivity contribution in [3.63, 3.8) is 0 Å². The van der Waals surface area contributed by atoms with E-state index in [1.54, 1.807) is 6.07 Å². The monoisotopic (exact) mass is 266 g/mol. The summed E-state index contributed by atoms with van der Waals surface area (Å²) in [6.07, 6.45) is 0.596. The minimum atomic E-state index is -0.551. The lowest BCUT2D eigenvalue weighted by atomic mass is 10.0. The van der Waals surface area contributed by atoms with Crippen LogP contribution in [0.5, 0.6) is 0 Å². The van der Waals surface area contributed by atoms with Crippen molar-refractivity contribution >= 4 is 5.91 Å². The van der Waals surface area contributed by atoms with Crippen LogP contribution in [0.1, 0.15) is 22.3 Å². The predicted octanol–water partition coefficient (Wildman–Crippen LogP) is 0.315. The number of nitrogens with one attached hydrogen (secondary N) is 1. The fraction of sp³-hybridized carbons (Fsp3) is 0.500. The number of aliphatic hydroxyl groups is 1. The molecule has 1 rings (SSSR count). The van der Waals surface area contributed by atoms with E-state index in [0.29, 0.717) is 31.5 Å². The molecule has 0 aliphatic heterocycles. The third kappa shape index (κ3) is 5.38. The van der Waals surface area contributed by atoms with Crippen molar-refractivity contribution in [2.75, 3.05) is 26.8 Å². The van der Waals surface area contributed by atoms with E-state index in [0.717, 1.165) is 5.56 Å². The number of ether oxygens (including phenoxy) is 1. The first-order valence-corrected chi connectivity index (χ1v) is 6.42. The van der Waals surface area contributed by atoms with Gasteiger partial charge in [0.05, 0.1) is 12.7 Å². The van der Waals surface area contributed by atoms with Crippen molar-refractivity contribution in [1.29, 1.82) is 0 Å². The van der Waals surface area contributed by atoms with E-state index in [-0.39, 0.29) is 12.5 Å². The third-order valence-electron chi connectivity index (χ3n) is 2.80. The fourth-order valence-electron chi connectivity index (χ4n) is 1.84. The predicted molar refractivity (Wildman–Crippen MR) is 74.0 cm³/mol. The van der Waals surface area contributed by atoms with Gasteiger partial charge >= 0.3 is 0 Å². The minimum Gasteiger partial charge on any atom is -0.391 e. The van der Waals surface area contributed by atoms with Crippen molar-refractivity contribution in [2.45, 2.75) is 18.9 Å². The first-order valence-electron chi connectivity index (χ1n) is 6.42. The fourth-order valence-corrected chi connectivity index (χ4v) is 1.84. The minimum absolute atomic E-state index is 0.131. The van der Waals surface area contributed by atoms with Crippen LogP contribution in [0.3, 0.4) is 0 Å². The number of methoxy groups -OCH3 is 1. The molecule has 19 heavy (non-hydrogen) atoms. The summed E-state index contributed by atoms with van der Waals surface area (Å²) in [4.78, 5) is 12.0.